The highest BCUT2D eigenvalue weighted by Gasteiger charge is 2.12. The van der Waals surface area contributed by atoms with E-state index in [1.807, 2.05) is 18.2 Å². The van der Waals surface area contributed by atoms with Gasteiger partial charge >= 0.3 is 0 Å². The van der Waals surface area contributed by atoms with Crippen LogP contribution in [-0.2, 0) is 0 Å². The predicted octanol–water partition coefficient (Wildman–Crippen LogP) is 3.58. The van der Waals surface area contributed by atoms with E-state index in [1.54, 1.807) is 6.07 Å². The number of azo groups is 1. The quantitative estimate of drug-likeness (QED) is 0.435. The number of carbonyl (C=O) groups excluding carboxylic acids is 1. The molecule has 0 unspecified atom stereocenters. The smallest absolute Gasteiger partial charge is 0.295 e. The number of aromatic amines is 1. The molecule has 0 spiro atoms. The van der Waals surface area contributed by atoms with Crippen molar-refractivity contribution in [2.45, 2.75) is 0 Å². The van der Waals surface area contributed by atoms with Gasteiger partial charge in [0.05, 0.1) is 10.5 Å². The Hall–Kier alpha value is -3.55. The molecular formula is C15H11N5O3. The van der Waals surface area contributed by atoms with Crippen LogP contribution in [0.5, 0.6) is 0 Å². The zero-order valence-electron chi connectivity index (χ0n) is 11.8. The maximum atomic E-state index is 12.0. The first kappa shape index (κ1) is 14.4. The van der Waals surface area contributed by atoms with Crippen molar-refractivity contribution in [1.82, 2.24) is 4.98 Å². The molecule has 0 fully saturated rings. The molecule has 114 valence electrons. The lowest BCUT2D eigenvalue weighted by Crippen LogP contribution is -1.96. The molecule has 0 aliphatic rings. The summed E-state index contributed by atoms with van der Waals surface area (Å²) in [6.07, 6.45) is 0. The summed E-state index contributed by atoms with van der Waals surface area (Å²) in [6, 6.07) is 12.6. The normalized spacial score (nSPS) is 11.1. The van der Waals surface area contributed by atoms with E-state index < -0.39 is 10.8 Å². The highest BCUT2D eigenvalue weighted by Crippen LogP contribution is 2.30. The van der Waals surface area contributed by atoms with E-state index in [0.717, 1.165) is 16.8 Å². The molecule has 3 rings (SSSR count). The Morgan fingerprint density at radius 1 is 1.13 bits per heavy atom. The second-order valence-electron chi connectivity index (χ2n) is 4.75. The minimum absolute atomic E-state index is 0.0896. The van der Waals surface area contributed by atoms with E-state index in [0.29, 0.717) is 11.6 Å². The Morgan fingerprint density at radius 3 is 2.61 bits per heavy atom. The van der Waals surface area contributed by atoms with Gasteiger partial charge in [0.15, 0.2) is 5.82 Å². The van der Waals surface area contributed by atoms with Crippen molar-refractivity contribution in [3.05, 3.63) is 64.2 Å². The summed E-state index contributed by atoms with van der Waals surface area (Å²) in [6.45, 7) is 0. The average Bonchev–Trinajstić information content (AvgIpc) is 2.89. The van der Waals surface area contributed by atoms with Crippen molar-refractivity contribution in [2.75, 3.05) is 5.73 Å². The zero-order chi connectivity index (χ0) is 16.4. The van der Waals surface area contributed by atoms with Crippen molar-refractivity contribution < 1.29 is 9.72 Å². The van der Waals surface area contributed by atoms with E-state index in [2.05, 4.69) is 15.2 Å². The summed E-state index contributed by atoms with van der Waals surface area (Å²) in [5.41, 5.74) is 5.74. The van der Waals surface area contributed by atoms with Crippen LogP contribution in [0.3, 0.4) is 0 Å². The van der Waals surface area contributed by atoms with Crippen LogP contribution in [0.1, 0.15) is 10.4 Å². The van der Waals surface area contributed by atoms with E-state index in [4.69, 9.17) is 5.73 Å². The maximum absolute atomic E-state index is 12.0. The van der Waals surface area contributed by atoms with Crippen molar-refractivity contribution in [1.29, 1.82) is 0 Å². The van der Waals surface area contributed by atoms with Crippen LogP contribution in [-0.4, -0.2) is 15.8 Å². The van der Waals surface area contributed by atoms with Crippen LogP contribution in [0.25, 0.3) is 10.8 Å². The minimum Gasteiger partial charge on any atom is -0.385 e. The Morgan fingerprint density at radius 2 is 1.87 bits per heavy atom. The molecule has 1 heterocycles. The number of H-pyrrole nitrogens is 1. The number of anilines is 1. The van der Waals surface area contributed by atoms with Crippen LogP contribution in [0, 0.1) is 10.1 Å². The Labute approximate surface area is 129 Å². The summed E-state index contributed by atoms with van der Waals surface area (Å²) in [5, 5.41) is 19.7. The fourth-order valence-corrected chi connectivity index (χ4v) is 2.17. The van der Waals surface area contributed by atoms with E-state index in [9.17, 15) is 14.9 Å². The molecule has 0 atom stereocenters. The number of carbonyl (C=O) groups is 1. The first-order chi connectivity index (χ1) is 11.1. The van der Waals surface area contributed by atoms with Gasteiger partial charge in [0.25, 0.3) is 11.6 Å². The molecule has 0 saturated heterocycles. The number of nitrogens with one attached hydrogen (secondary N) is 1. The van der Waals surface area contributed by atoms with Crippen molar-refractivity contribution in [3.8, 4) is 0 Å². The van der Waals surface area contributed by atoms with Gasteiger partial charge in [-0.25, -0.2) is 0 Å². The number of fused-ring (bicyclic) bond motifs is 1. The second kappa shape index (κ2) is 5.68. The lowest BCUT2D eigenvalue weighted by molar-refractivity contribution is -0.384. The lowest BCUT2D eigenvalue weighted by Gasteiger charge is -1.95. The molecule has 0 bridgehead atoms. The molecule has 0 saturated carbocycles. The molecule has 8 nitrogen and oxygen atoms in total. The van der Waals surface area contributed by atoms with E-state index in [1.165, 1.54) is 18.2 Å². The van der Waals surface area contributed by atoms with Gasteiger partial charge in [-0.3, -0.25) is 14.9 Å². The standard InChI is InChI=1S/C15H11N5O3/c16-13-11-6-1-2-7-12(11)14(17-13)18-19-15(21)9-4-3-5-10(8-9)20(22)23/h1-8,17H,16H2. The van der Waals surface area contributed by atoms with Gasteiger partial charge < -0.3 is 10.7 Å². The molecule has 0 aliphatic heterocycles. The largest absolute Gasteiger partial charge is 0.385 e. The number of nitro groups is 1. The second-order valence-corrected chi connectivity index (χ2v) is 4.75. The number of non-ortho nitro benzene ring substituents is 1. The first-order valence-electron chi connectivity index (χ1n) is 6.63. The molecule has 3 N–H and O–H groups in total. The number of nitro benzene ring substituents is 1. The number of hydrogen-bond acceptors (Lipinski definition) is 5. The molecule has 1 amide bonds. The van der Waals surface area contributed by atoms with Gasteiger partial charge in [0.2, 0.25) is 0 Å². The number of rotatable bonds is 3. The van der Waals surface area contributed by atoms with Crippen molar-refractivity contribution in [3.63, 3.8) is 0 Å². The highest BCUT2D eigenvalue weighted by molar-refractivity contribution is 6.00. The third-order valence-corrected chi connectivity index (χ3v) is 3.27. The van der Waals surface area contributed by atoms with Crippen LogP contribution in [0.15, 0.2) is 58.8 Å². The number of hydrogen-bond donors (Lipinski definition) is 2. The number of nitrogens with two attached hydrogens (primary N) is 1. The number of aromatic nitrogens is 1. The third-order valence-electron chi connectivity index (χ3n) is 3.27. The Bertz CT molecular complexity index is 945. The van der Waals surface area contributed by atoms with Crippen molar-refractivity contribution >= 4 is 34.0 Å². The molecule has 0 radical (unpaired) electrons. The van der Waals surface area contributed by atoms with Gasteiger partial charge in [0, 0.05) is 22.9 Å². The molecule has 23 heavy (non-hydrogen) atoms. The van der Waals surface area contributed by atoms with Gasteiger partial charge in [0.1, 0.15) is 5.82 Å². The topological polar surface area (TPSA) is 127 Å². The van der Waals surface area contributed by atoms with Gasteiger partial charge in [-0.05, 0) is 6.07 Å². The fourth-order valence-electron chi connectivity index (χ4n) is 2.17. The Balaban J connectivity index is 1.91. The number of nitrogen functional groups attached to an aromatic ring is 1. The van der Waals surface area contributed by atoms with Crippen molar-refractivity contribution in [2.24, 2.45) is 10.2 Å². The molecule has 3 aromatic rings. The van der Waals surface area contributed by atoms with Gasteiger partial charge in [-0.2, -0.15) is 0 Å². The number of benzene rings is 2. The third kappa shape index (κ3) is 2.77. The summed E-state index contributed by atoms with van der Waals surface area (Å²) in [4.78, 5) is 25.0. The predicted molar refractivity (Wildman–Crippen MR) is 84.7 cm³/mol. The summed E-state index contributed by atoms with van der Waals surface area (Å²) >= 11 is 0. The van der Waals surface area contributed by atoms with Crippen LogP contribution in [0.2, 0.25) is 0 Å². The highest BCUT2D eigenvalue weighted by atomic mass is 16.6. The number of nitrogens with zero attached hydrogens (tertiary/aromatic N) is 3. The molecule has 2 aromatic carbocycles. The zero-order valence-corrected chi connectivity index (χ0v) is 11.8. The van der Waals surface area contributed by atoms with E-state index in [-0.39, 0.29) is 11.3 Å². The van der Waals surface area contributed by atoms with Gasteiger partial charge in [-0.1, -0.05) is 30.3 Å². The lowest BCUT2D eigenvalue weighted by atomic mass is 10.2. The number of amides is 1. The average molecular weight is 309 g/mol. The summed E-state index contributed by atoms with van der Waals surface area (Å²) in [5.74, 6) is 0.111. The molecule has 1 aromatic heterocycles. The van der Waals surface area contributed by atoms with Crippen LogP contribution in [0.4, 0.5) is 17.3 Å². The fraction of sp³-hybridized carbons (Fsp3) is 0. The Kier molecular flexibility index (Phi) is 3.55. The molecular weight excluding hydrogens is 298 g/mol. The monoisotopic (exact) mass is 309 g/mol. The van der Waals surface area contributed by atoms with Crippen LogP contribution < -0.4 is 5.73 Å². The maximum Gasteiger partial charge on any atom is 0.295 e. The van der Waals surface area contributed by atoms with E-state index >= 15 is 0 Å². The SMILES string of the molecule is Nc1[nH]c(N=NC(=O)c2cccc([N+](=O)[O-])c2)c2ccccc12. The summed E-state index contributed by atoms with van der Waals surface area (Å²) < 4.78 is 0. The van der Waals surface area contributed by atoms with Crippen LogP contribution >= 0.6 is 0 Å². The van der Waals surface area contributed by atoms with Gasteiger partial charge in [-0.15, -0.1) is 10.2 Å². The first-order valence-corrected chi connectivity index (χ1v) is 6.63. The summed E-state index contributed by atoms with van der Waals surface area (Å²) in [7, 11) is 0. The minimum atomic E-state index is -0.675. The molecule has 8 heteroatoms. The molecule has 0 aliphatic carbocycles.